The van der Waals surface area contributed by atoms with Crippen LogP contribution in [0.4, 0.5) is 5.69 Å². The third kappa shape index (κ3) is 4.59. The Kier molecular flexibility index (Phi) is 6.97. The molecule has 0 saturated carbocycles. The molecule has 6 nitrogen and oxygen atoms in total. The quantitative estimate of drug-likeness (QED) is 0.556. The highest BCUT2D eigenvalue weighted by molar-refractivity contribution is 9.10. The predicted molar refractivity (Wildman–Crippen MR) is 97.2 cm³/mol. The maximum Gasteiger partial charge on any atom is 0.270 e. The van der Waals surface area contributed by atoms with Gasteiger partial charge < -0.3 is 27.0 Å². The third-order valence-corrected chi connectivity index (χ3v) is 5.05. The summed E-state index contributed by atoms with van der Waals surface area (Å²) in [5, 5.41) is 2.75. The number of aromatic nitrogens is 1. The van der Waals surface area contributed by atoms with Crippen LogP contribution in [0, 0.1) is 0 Å². The molecule has 0 bridgehead atoms. The summed E-state index contributed by atoms with van der Waals surface area (Å²) in [7, 11) is 0. The Bertz CT molecular complexity index is 953. The normalized spacial score (nSPS) is 13.0. The minimum absolute atomic E-state index is 0. The second-order valence-electron chi connectivity index (χ2n) is 5.21. The number of nitrogens with zero attached hydrogens (tertiary/aromatic N) is 2. The fourth-order valence-electron chi connectivity index (χ4n) is 2.27. The maximum absolute atomic E-state index is 12.1. The van der Waals surface area contributed by atoms with E-state index in [1.165, 1.54) is 17.4 Å². The SMILES string of the molecule is CCCOc1ccc(NC(=O)/C=c2\sc3n(c2=O)CCN=3)cc1Br.[Br-]. The van der Waals surface area contributed by atoms with E-state index in [-0.39, 0.29) is 28.4 Å². The van der Waals surface area contributed by atoms with Crippen molar-refractivity contribution in [2.24, 2.45) is 4.99 Å². The van der Waals surface area contributed by atoms with Crippen LogP contribution in [0.25, 0.3) is 6.08 Å². The van der Waals surface area contributed by atoms with Crippen molar-refractivity contribution in [1.82, 2.24) is 4.57 Å². The molecule has 9 heteroatoms. The summed E-state index contributed by atoms with van der Waals surface area (Å²) in [5.41, 5.74) is 0.469. The second kappa shape index (κ2) is 8.77. The lowest BCUT2D eigenvalue weighted by Crippen LogP contribution is -3.00. The van der Waals surface area contributed by atoms with Gasteiger partial charge in [0, 0.05) is 18.3 Å². The smallest absolute Gasteiger partial charge is 0.270 e. The number of rotatable bonds is 5. The van der Waals surface area contributed by atoms with Crippen molar-refractivity contribution in [2.45, 2.75) is 19.9 Å². The molecule has 0 unspecified atom stereocenters. The Balaban J connectivity index is 0.00000225. The summed E-state index contributed by atoms with van der Waals surface area (Å²) in [6, 6.07) is 5.33. The maximum atomic E-state index is 12.1. The number of hydrogen-bond acceptors (Lipinski definition) is 5. The molecule has 2 heterocycles. The highest BCUT2D eigenvalue weighted by Gasteiger charge is 2.11. The standard InChI is InChI=1S/C16H16BrN3O3S.BrH/c1-2-7-23-12-4-3-10(8-11(12)17)19-14(21)9-13-15(22)20-6-5-18-16(20)24-13;/h3-4,8-9H,2,5-7H2,1H3,(H,19,21);1H/p-1/b13-9-;. The summed E-state index contributed by atoms with van der Waals surface area (Å²) >= 11 is 4.67. The number of thiazole rings is 1. The van der Waals surface area contributed by atoms with E-state index in [2.05, 4.69) is 26.2 Å². The number of hydrogen-bond donors (Lipinski definition) is 1. The Hall–Kier alpha value is -1.45. The molecule has 3 rings (SSSR count). The molecule has 0 radical (unpaired) electrons. The van der Waals surface area contributed by atoms with Gasteiger partial charge in [-0.15, -0.1) is 0 Å². The minimum Gasteiger partial charge on any atom is -1.00 e. The summed E-state index contributed by atoms with van der Waals surface area (Å²) in [6.07, 6.45) is 2.25. The number of benzene rings is 1. The average molecular weight is 490 g/mol. The molecule has 0 aliphatic carbocycles. The number of anilines is 1. The zero-order valence-corrected chi connectivity index (χ0v) is 17.4. The molecule has 1 aliphatic heterocycles. The largest absolute Gasteiger partial charge is 1.00 e. The van der Waals surface area contributed by atoms with E-state index in [1.807, 2.05) is 6.92 Å². The highest BCUT2D eigenvalue weighted by atomic mass is 79.9. The van der Waals surface area contributed by atoms with Gasteiger partial charge in [0.1, 0.15) is 10.3 Å². The van der Waals surface area contributed by atoms with Gasteiger partial charge in [-0.05, 0) is 40.5 Å². The van der Waals surface area contributed by atoms with Gasteiger partial charge >= 0.3 is 0 Å². The number of halogens is 2. The first-order valence-electron chi connectivity index (χ1n) is 7.57. The zero-order valence-electron chi connectivity index (χ0n) is 13.4. The number of carbonyl (C=O) groups excluding carboxylic acids is 1. The molecule has 1 aromatic carbocycles. The second-order valence-corrected chi connectivity index (χ2v) is 7.08. The van der Waals surface area contributed by atoms with Gasteiger partial charge in [0.05, 0.1) is 17.6 Å². The van der Waals surface area contributed by atoms with Crippen LogP contribution in [0.1, 0.15) is 13.3 Å². The number of amides is 1. The molecule has 2 aromatic rings. The molecule has 134 valence electrons. The van der Waals surface area contributed by atoms with Gasteiger partial charge in [-0.1, -0.05) is 18.3 Å². The lowest BCUT2D eigenvalue weighted by atomic mass is 10.3. The summed E-state index contributed by atoms with van der Waals surface area (Å²) in [5.74, 6) is 0.384. The summed E-state index contributed by atoms with van der Waals surface area (Å²) in [6.45, 7) is 3.89. The van der Waals surface area contributed by atoms with Crippen molar-refractivity contribution in [3.05, 3.63) is 42.4 Å². The molecule has 1 N–H and O–H groups in total. The predicted octanol–water partition coefficient (Wildman–Crippen LogP) is -1.48. The average Bonchev–Trinajstić information content (AvgIpc) is 3.11. The van der Waals surface area contributed by atoms with Crippen LogP contribution < -0.4 is 41.9 Å². The van der Waals surface area contributed by atoms with Crippen molar-refractivity contribution < 1.29 is 26.5 Å². The minimum atomic E-state index is -0.346. The lowest BCUT2D eigenvalue weighted by Gasteiger charge is -2.09. The van der Waals surface area contributed by atoms with Crippen LogP contribution in [0.2, 0.25) is 0 Å². The number of fused-ring (bicyclic) bond motifs is 1. The van der Waals surface area contributed by atoms with Gasteiger partial charge in [0.2, 0.25) is 5.91 Å². The highest BCUT2D eigenvalue weighted by Crippen LogP contribution is 2.28. The van der Waals surface area contributed by atoms with Crippen molar-refractivity contribution >= 4 is 44.9 Å². The van der Waals surface area contributed by atoms with Gasteiger partial charge in [0.25, 0.3) is 5.56 Å². The number of ether oxygens (including phenoxy) is 1. The first kappa shape index (κ1) is 19.9. The Morgan fingerprint density at radius 3 is 3.00 bits per heavy atom. The van der Waals surface area contributed by atoms with E-state index in [4.69, 9.17) is 4.74 Å². The van der Waals surface area contributed by atoms with Gasteiger partial charge in [-0.3, -0.25) is 19.1 Å². The Morgan fingerprint density at radius 1 is 1.52 bits per heavy atom. The van der Waals surface area contributed by atoms with Crippen LogP contribution >= 0.6 is 27.3 Å². The van der Waals surface area contributed by atoms with E-state index < -0.39 is 0 Å². The fraction of sp³-hybridized carbons (Fsp3) is 0.312. The van der Waals surface area contributed by atoms with Crippen LogP contribution in [0.3, 0.4) is 0 Å². The molecular formula is C16H16Br2N3O3S-. The monoisotopic (exact) mass is 488 g/mol. The van der Waals surface area contributed by atoms with Crippen molar-refractivity contribution in [3.63, 3.8) is 0 Å². The van der Waals surface area contributed by atoms with Gasteiger partial charge in [-0.25, -0.2) is 0 Å². The van der Waals surface area contributed by atoms with Crippen LogP contribution in [0.5, 0.6) is 5.75 Å². The van der Waals surface area contributed by atoms with Crippen molar-refractivity contribution in [2.75, 3.05) is 18.5 Å². The van der Waals surface area contributed by atoms with Gasteiger partial charge in [0.15, 0.2) is 4.80 Å². The zero-order chi connectivity index (χ0) is 17.1. The van der Waals surface area contributed by atoms with Crippen LogP contribution in [-0.4, -0.2) is 23.6 Å². The first-order chi connectivity index (χ1) is 11.6. The summed E-state index contributed by atoms with van der Waals surface area (Å²) in [4.78, 5) is 29.2. The van der Waals surface area contributed by atoms with E-state index in [1.54, 1.807) is 22.8 Å². The Morgan fingerprint density at radius 2 is 2.32 bits per heavy atom. The fourth-order valence-corrected chi connectivity index (χ4v) is 3.77. The molecule has 0 fully saturated rings. The summed E-state index contributed by atoms with van der Waals surface area (Å²) < 4.78 is 8.33. The molecule has 1 aliphatic rings. The molecule has 0 saturated heterocycles. The van der Waals surface area contributed by atoms with Crippen LogP contribution in [-0.2, 0) is 11.3 Å². The molecule has 1 amide bonds. The van der Waals surface area contributed by atoms with E-state index in [9.17, 15) is 9.59 Å². The molecular weight excluding hydrogens is 474 g/mol. The Labute approximate surface area is 167 Å². The number of nitrogens with one attached hydrogen (secondary N) is 1. The first-order valence-corrected chi connectivity index (χ1v) is 9.18. The van der Waals surface area contributed by atoms with Gasteiger partial charge in [-0.2, -0.15) is 0 Å². The van der Waals surface area contributed by atoms with E-state index >= 15 is 0 Å². The molecule has 25 heavy (non-hydrogen) atoms. The van der Waals surface area contributed by atoms with Crippen molar-refractivity contribution in [3.8, 4) is 5.75 Å². The molecule has 0 atom stereocenters. The van der Waals surface area contributed by atoms with E-state index in [0.29, 0.717) is 34.7 Å². The molecule has 0 spiro atoms. The topological polar surface area (TPSA) is 72.7 Å². The third-order valence-electron chi connectivity index (χ3n) is 3.38. The lowest BCUT2D eigenvalue weighted by molar-refractivity contribution is -0.110. The number of carbonyl (C=O) groups is 1. The van der Waals surface area contributed by atoms with E-state index in [0.717, 1.165) is 16.6 Å². The molecule has 1 aromatic heterocycles. The van der Waals surface area contributed by atoms with Crippen LogP contribution in [0.15, 0.2) is 32.5 Å². The van der Waals surface area contributed by atoms with Crippen molar-refractivity contribution in [1.29, 1.82) is 0 Å².